The van der Waals surface area contributed by atoms with Crippen molar-refractivity contribution in [3.63, 3.8) is 0 Å². The predicted molar refractivity (Wildman–Crippen MR) is 149 cm³/mol. The lowest BCUT2D eigenvalue weighted by molar-refractivity contribution is -0.138. The first kappa shape index (κ1) is 31.3. The average Bonchev–Trinajstić information content (AvgIpc) is 3.36. The molecule has 1 aromatic carbocycles. The second kappa shape index (κ2) is 13.5. The molecule has 3 heterocycles. The van der Waals surface area contributed by atoms with E-state index in [-0.39, 0.29) is 70.6 Å². The predicted octanol–water partition coefficient (Wildman–Crippen LogP) is 2.01. The van der Waals surface area contributed by atoms with Crippen molar-refractivity contribution in [2.75, 3.05) is 51.3 Å². The molecule has 0 spiro atoms. The summed E-state index contributed by atoms with van der Waals surface area (Å²) in [5, 5.41) is 2.94. The maximum absolute atomic E-state index is 13.3. The number of amides is 2. The molecule has 3 atom stereocenters. The number of nitrogens with one attached hydrogen (secondary N) is 1. The molecular weight excluding hydrogens is 484 g/mol. The van der Waals surface area contributed by atoms with Gasteiger partial charge >= 0.3 is 0 Å². The molecule has 0 bridgehead atoms. The number of piperazine rings is 1. The maximum atomic E-state index is 13.3. The SMILES string of the molecule is C.CC(C)C[C@H](NC(=O)c1ccc(N2CCN(C)CC2)cc1)C(=O)N1CC[C@H]2OCC(=O)[C@H]21.S.S. The third-order valence-corrected chi connectivity index (χ3v) is 6.70. The Kier molecular flexibility index (Phi) is 12.1. The molecule has 3 saturated heterocycles. The minimum Gasteiger partial charge on any atom is -0.369 e. The zero-order valence-corrected chi connectivity index (χ0v) is 22.3. The number of ketones is 1. The van der Waals surface area contributed by atoms with E-state index in [1.807, 2.05) is 38.1 Å². The molecule has 2 amide bonds. The summed E-state index contributed by atoms with van der Waals surface area (Å²) < 4.78 is 5.51. The van der Waals surface area contributed by atoms with Gasteiger partial charge in [-0.15, -0.1) is 0 Å². The summed E-state index contributed by atoms with van der Waals surface area (Å²) in [5.74, 6) is -0.279. The molecule has 0 saturated carbocycles. The highest BCUT2D eigenvalue weighted by Crippen LogP contribution is 2.28. The standard InChI is InChI=1S/C24H34N4O4.CH4.2H2S/c1-16(2)14-19(24(31)28-9-8-21-22(28)20(29)15-32-21)25-23(30)17-4-6-18(7-5-17)27-12-10-26(3)11-13-27;;;/h4-7,16,19,21-22H,8-15H2,1-3H3,(H,25,30);1H4;2*1H2/t19-,21+,22+;;;/m0.../s1. The van der Waals surface area contributed by atoms with Gasteiger partial charge in [-0.3, -0.25) is 14.4 Å². The largest absolute Gasteiger partial charge is 0.369 e. The molecule has 8 nitrogen and oxygen atoms in total. The molecule has 0 aromatic heterocycles. The quantitative estimate of drug-likeness (QED) is 0.611. The van der Waals surface area contributed by atoms with E-state index in [0.717, 1.165) is 31.9 Å². The van der Waals surface area contributed by atoms with Crippen LogP contribution in [0.2, 0.25) is 0 Å². The van der Waals surface area contributed by atoms with E-state index in [1.165, 1.54) is 0 Å². The van der Waals surface area contributed by atoms with E-state index in [1.54, 1.807) is 4.90 Å². The number of anilines is 1. The number of fused-ring (bicyclic) bond motifs is 1. The van der Waals surface area contributed by atoms with E-state index in [0.29, 0.717) is 24.9 Å². The fraction of sp³-hybridized carbons (Fsp3) is 0.640. The van der Waals surface area contributed by atoms with Gasteiger partial charge in [0.2, 0.25) is 5.91 Å². The third kappa shape index (κ3) is 7.15. The van der Waals surface area contributed by atoms with Gasteiger partial charge in [0.15, 0.2) is 5.78 Å². The molecular formula is C25H42N4O4S2. The highest BCUT2D eigenvalue weighted by Gasteiger charge is 2.48. The minimum absolute atomic E-state index is 0. The van der Waals surface area contributed by atoms with Crippen molar-refractivity contribution in [1.29, 1.82) is 0 Å². The fourth-order valence-electron chi connectivity index (χ4n) is 4.86. The molecule has 1 N–H and O–H groups in total. The number of hydrogen-bond acceptors (Lipinski definition) is 6. The lowest BCUT2D eigenvalue weighted by atomic mass is 10.0. The second-order valence-corrected chi connectivity index (χ2v) is 9.57. The van der Waals surface area contributed by atoms with Crippen molar-refractivity contribution in [1.82, 2.24) is 15.1 Å². The van der Waals surface area contributed by atoms with Gasteiger partial charge in [0.1, 0.15) is 18.7 Å². The van der Waals surface area contributed by atoms with Crippen LogP contribution in [0.25, 0.3) is 0 Å². The normalized spacial score (nSPS) is 22.6. The van der Waals surface area contributed by atoms with E-state index in [4.69, 9.17) is 4.74 Å². The van der Waals surface area contributed by atoms with Crippen molar-refractivity contribution in [3.8, 4) is 0 Å². The van der Waals surface area contributed by atoms with Crippen LogP contribution in [0.5, 0.6) is 0 Å². The monoisotopic (exact) mass is 526 g/mol. The van der Waals surface area contributed by atoms with Gasteiger partial charge in [-0.2, -0.15) is 27.0 Å². The first-order valence-electron chi connectivity index (χ1n) is 11.6. The number of carbonyl (C=O) groups is 3. The zero-order chi connectivity index (χ0) is 22.8. The summed E-state index contributed by atoms with van der Waals surface area (Å²) in [6.45, 7) is 8.58. The number of ether oxygens (including phenoxy) is 1. The zero-order valence-electron chi connectivity index (χ0n) is 20.3. The Balaban J connectivity index is 0.00000204. The number of likely N-dealkylation sites (N-methyl/N-ethyl adjacent to an activating group) is 1. The summed E-state index contributed by atoms with van der Waals surface area (Å²) >= 11 is 0. The van der Waals surface area contributed by atoms with Crippen LogP contribution in [0.1, 0.15) is 44.5 Å². The topological polar surface area (TPSA) is 82.2 Å². The number of likely N-dealkylation sites (tertiary alicyclic amines) is 1. The smallest absolute Gasteiger partial charge is 0.251 e. The average molecular weight is 527 g/mol. The van der Waals surface area contributed by atoms with Crippen LogP contribution in [0.3, 0.4) is 0 Å². The number of Topliss-reactive ketones (excluding diaryl/α,β-unsaturated/α-hetero) is 1. The lowest BCUT2D eigenvalue weighted by Crippen LogP contribution is -2.52. The van der Waals surface area contributed by atoms with Crippen molar-refractivity contribution >= 4 is 50.3 Å². The van der Waals surface area contributed by atoms with Gasteiger partial charge in [0, 0.05) is 44.0 Å². The van der Waals surface area contributed by atoms with Crippen LogP contribution >= 0.6 is 27.0 Å². The minimum atomic E-state index is -0.660. The molecule has 3 aliphatic rings. The highest BCUT2D eigenvalue weighted by molar-refractivity contribution is 7.59. The molecule has 35 heavy (non-hydrogen) atoms. The number of benzene rings is 1. The fourth-order valence-corrected chi connectivity index (χ4v) is 4.86. The molecule has 10 heteroatoms. The van der Waals surface area contributed by atoms with Gasteiger partial charge in [-0.1, -0.05) is 21.3 Å². The van der Waals surface area contributed by atoms with Crippen molar-refractivity contribution in [3.05, 3.63) is 29.8 Å². The van der Waals surface area contributed by atoms with Crippen LogP contribution in [0, 0.1) is 5.92 Å². The lowest BCUT2D eigenvalue weighted by Gasteiger charge is -2.34. The highest BCUT2D eigenvalue weighted by atomic mass is 32.1. The Bertz CT molecular complexity index is 860. The molecule has 3 fully saturated rings. The van der Waals surface area contributed by atoms with Crippen molar-refractivity contribution in [2.45, 2.75) is 52.3 Å². The van der Waals surface area contributed by atoms with Gasteiger partial charge < -0.3 is 24.8 Å². The molecule has 0 unspecified atom stereocenters. The molecule has 1 aromatic rings. The number of hydrogen-bond donors (Lipinski definition) is 1. The van der Waals surface area contributed by atoms with Crippen molar-refractivity contribution < 1.29 is 19.1 Å². The molecule has 0 radical (unpaired) electrons. The second-order valence-electron chi connectivity index (χ2n) is 9.57. The maximum Gasteiger partial charge on any atom is 0.251 e. The first-order valence-corrected chi connectivity index (χ1v) is 11.6. The Morgan fingerprint density at radius 3 is 2.29 bits per heavy atom. The third-order valence-electron chi connectivity index (χ3n) is 6.70. The van der Waals surface area contributed by atoms with E-state index >= 15 is 0 Å². The van der Waals surface area contributed by atoms with Crippen LogP contribution < -0.4 is 10.2 Å². The summed E-state index contributed by atoms with van der Waals surface area (Å²) in [5.41, 5.74) is 1.64. The summed E-state index contributed by atoms with van der Waals surface area (Å²) in [7, 11) is 2.12. The molecule has 198 valence electrons. The van der Waals surface area contributed by atoms with E-state index < -0.39 is 12.1 Å². The Morgan fingerprint density at radius 1 is 1.06 bits per heavy atom. The van der Waals surface area contributed by atoms with Crippen LogP contribution in [-0.4, -0.2) is 92.0 Å². The van der Waals surface area contributed by atoms with E-state index in [9.17, 15) is 14.4 Å². The van der Waals surface area contributed by atoms with Gasteiger partial charge in [-0.05, 0) is 50.1 Å². The Labute approximate surface area is 223 Å². The van der Waals surface area contributed by atoms with Gasteiger partial charge in [0.05, 0.1) is 6.10 Å². The van der Waals surface area contributed by atoms with Crippen LogP contribution in [0.15, 0.2) is 24.3 Å². The van der Waals surface area contributed by atoms with Crippen LogP contribution in [-0.2, 0) is 14.3 Å². The van der Waals surface area contributed by atoms with E-state index in [2.05, 4.69) is 22.2 Å². The molecule has 3 aliphatic heterocycles. The molecule has 4 rings (SSSR count). The van der Waals surface area contributed by atoms with Gasteiger partial charge in [0.25, 0.3) is 5.91 Å². The molecule has 0 aliphatic carbocycles. The first-order chi connectivity index (χ1) is 15.3. The summed E-state index contributed by atoms with van der Waals surface area (Å²) in [4.78, 5) is 44.8. The Morgan fingerprint density at radius 2 is 1.69 bits per heavy atom. The number of nitrogens with zero attached hydrogens (tertiary/aromatic N) is 3. The van der Waals surface area contributed by atoms with Gasteiger partial charge in [-0.25, -0.2) is 0 Å². The Hall–Kier alpha value is -1.75. The number of carbonyl (C=O) groups excluding carboxylic acids is 3. The number of rotatable bonds is 6. The summed E-state index contributed by atoms with van der Waals surface area (Å²) in [6, 6.07) is 6.42. The van der Waals surface area contributed by atoms with Crippen LogP contribution in [0.4, 0.5) is 5.69 Å². The summed E-state index contributed by atoms with van der Waals surface area (Å²) in [6.07, 6.45) is 0.981. The van der Waals surface area contributed by atoms with Crippen molar-refractivity contribution in [2.24, 2.45) is 5.92 Å².